The number of nitrogens with zero attached hydrogens (tertiary/aromatic N) is 1. The first-order valence-electron chi connectivity index (χ1n) is 10.8. The molecule has 4 unspecified atom stereocenters. The topological polar surface area (TPSA) is 30.9 Å². The first-order valence-corrected chi connectivity index (χ1v) is 10.8. The fraction of sp³-hybridized carbons (Fsp3) is 0.667. The van der Waals surface area contributed by atoms with Crippen LogP contribution in [0, 0.1) is 18.8 Å². The highest BCUT2D eigenvalue weighted by Gasteiger charge is 2.63. The van der Waals surface area contributed by atoms with Crippen molar-refractivity contribution in [2.45, 2.75) is 63.7 Å². The molecule has 0 amide bonds. The minimum absolute atomic E-state index is 0.00469. The predicted molar refractivity (Wildman–Crippen MR) is 110 cm³/mol. The molecule has 4 nitrogen and oxygen atoms in total. The molecular formula is C24H33NO3. The van der Waals surface area contributed by atoms with Gasteiger partial charge in [0, 0.05) is 36.6 Å². The number of piperidine rings is 1. The lowest BCUT2D eigenvalue weighted by Gasteiger charge is -2.55. The van der Waals surface area contributed by atoms with E-state index in [-0.39, 0.29) is 17.6 Å². The van der Waals surface area contributed by atoms with Crippen LogP contribution in [0.3, 0.4) is 0 Å². The lowest BCUT2D eigenvalue weighted by Crippen LogP contribution is -2.63. The Balaban J connectivity index is 1.66. The fourth-order valence-electron chi connectivity index (χ4n) is 6.31. The van der Waals surface area contributed by atoms with Crippen molar-refractivity contribution in [3.05, 3.63) is 34.9 Å². The van der Waals surface area contributed by atoms with Crippen LogP contribution in [0.5, 0.6) is 11.5 Å². The number of fused-ring (bicyclic) bond motifs is 1. The predicted octanol–water partition coefficient (Wildman–Crippen LogP) is 4.10. The minimum Gasteiger partial charge on any atom is -0.493 e. The molecule has 0 aromatic heterocycles. The molecule has 152 valence electrons. The number of ether oxygens (including phenoxy) is 3. The minimum atomic E-state index is -0.0341. The molecule has 1 saturated heterocycles. The van der Waals surface area contributed by atoms with Crippen LogP contribution >= 0.6 is 0 Å². The molecule has 0 N–H and O–H groups in total. The highest BCUT2D eigenvalue weighted by Crippen LogP contribution is 2.61. The largest absolute Gasteiger partial charge is 0.493 e. The van der Waals surface area contributed by atoms with Gasteiger partial charge in [0.2, 0.25) is 0 Å². The Morgan fingerprint density at radius 1 is 1.21 bits per heavy atom. The SMILES string of the molecule is COc1ccc(C)c2c1O[C@H]1C(OC)C(C)=CC3C(C)N(CC4CC4)CCC231. The molecule has 0 radical (unpaired) electrons. The quantitative estimate of drug-likeness (QED) is 0.733. The summed E-state index contributed by atoms with van der Waals surface area (Å²) in [7, 11) is 3.56. The molecule has 28 heavy (non-hydrogen) atoms. The van der Waals surface area contributed by atoms with Crippen LogP contribution in [0.25, 0.3) is 0 Å². The summed E-state index contributed by atoms with van der Waals surface area (Å²) >= 11 is 0. The van der Waals surface area contributed by atoms with Crippen LogP contribution in [-0.4, -0.2) is 50.5 Å². The molecule has 2 aliphatic heterocycles. The molecule has 2 heterocycles. The molecule has 2 fully saturated rings. The van der Waals surface area contributed by atoms with Crippen LogP contribution in [-0.2, 0) is 10.2 Å². The summed E-state index contributed by atoms with van der Waals surface area (Å²) in [6.45, 7) is 9.25. The average Bonchev–Trinajstić information content (AvgIpc) is 3.43. The number of rotatable bonds is 4. The van der Waals surface area contributed by atoms with Gasteiger partial charge in [-0.3, -0.25) is 4.90 Å². The number of aryl methyl sites for hydroxylation is 1. The van der Waals surface area contributed by atoms with Gasteiger partial charge in [0.15, 0.2) is 11.5 Å². The van der Waals surface area contributed by atoms with Gasteiger partial charge in [0.05, 0.1) is 7.11 Å². The molecule has 1 saturated carbocycles. The van der Waals surface area contributed by atoms with Crippen molar-refractivity contribution in [1.82, 2.24) is 4.90 Å². The molecule has 1 aromatic carbocycles. The van der Waals surface area contributed by atoms with Gasteiger partial charge in [0.25, 0.3) is 0 Å². The maximum atomic E-state index is 6.72. The summed E-state index contributed by atoms with van der Waals surface area (Å²) in [5.41, 5.74) is 3.95. The van der Waals surface area contributed by atoms with Gasteiger partial charge in [-0.25, -0.2) is 0 Å². The van der Waals surface area contributed by atoms with Gasteiger partial charge in [0.1, 0.15) is 12.2 Å². The van der Waals surface area contributed by atoms with E-state index in [0.717, 1.165) is 30.4 Å². The molecular weight excluding hydrogens is 350 g/mol. The van der Waals surface area contributed by atoms with Crippen LogP contribution in [0.1, 0.15) is 44.2 Å². The average molecular weight is 384 g/mol. The summed E-state index contributed by atoms with van der Waals surface area (Å²) in [5.74, 6) is 3.15. The van der Waals surface area contributed by atoms with Crippen molar-refractivity contribution in [1.29, 1.82) is 0 Å². The van der Waals surface area contributed by atoms with E-state index < -0.39 is 0 Å². The molecule has 1 spiro atoms. The summed E-state index contributed by atoms with van der Waals surface area (Å²) < 4.78 is 18.4. The summed E-state index contributed by atoms with van der Waals surface area (Å²) in [5, 5.41) is 0. The zero-order chi connectivity index (χ0) is 19.6. The van der Waals surface area contributed by atoms with E-state index in [1.54, 1.807) is 7.11 Å². The highest BCUT2D eigenvalue weighted by molar-refractivity contribution is 5.60. The monoisotopic (exact) mass is 383 g/mol. The van der Waals surface area contributed by atoms with Crippen LogP contribution in [0.15, 0.2) is 23.8 Å². The Kier molecular flexibility index (Phi) is 4.29. The number of likely N-dealkylation sites (tertiary alicyclic amines) is 1. The second-order valence-corrected chi connectivity index (χ2v) is 9.39. The van der Waals surface area contributed by atoms with Crippen molar-refractivity contribution < 1.29 is 14.2 Å². The third kappa shape index (κ3) is 2.43. The third-order valence-electron chi connectivity index (χ3n) is 7.88. The van der Waals surface area contributed by atoms with E-state index in [4.69, 9.17) is 14.2 Å². The Bertz CT molecular complexity index is 814. The molecule has 2 aliphatic carbocycles. The maximum Gasteiger partial charge on any atom is 0.165 e. The van der Waals surface area contributed by atoms with Crippen LogP contribution in [0.2, 0.25) is 0 Å². The number of benzene rings is 1. The van der Waals surface area contributed by atoms with E-state index in [2.05, 4.69) is 37.8 Å². The van der Waals surface area contributed by atoms with E-state index in [1.807, 2.05) is 13.2 Å². The van der Waals surface area contributed by atoms with E-state index >= 15 is 0 Å². The lowest BCUT2D eigenvalue weighted by molar-refractivity contribution is -0.0616. The lowest BCUT2D eigenvalue weighted by atomic mass is 9.56. The second kappa shape index (κ2) is 6.50. The van der Waals surface area contributed by atoms with Gasteiger partial charge >= 0.3 is 0 Å². The summed E-state index contributed by atoms with van der Waals surface area (Å²) in [6.07, 6.45) is 6.45. The van der Waals surface area contributed by atoms with Crippen molar-refractivity contribution in [3.63, 3.8) is 0 Å². The number of methoxy groups -OCH3 is 2. The van der Waals surface area contributed by atoms with Gasteiger partial charge in [-0.05, 0) is 69.7 Å². The normalized spacial score (nSPS) is 36.8. The first kappa shape index (κ1) is 18.5. The second-order valence-electron chi connectivity index (χ2n) is 9.39. The zero-order valence-corrected chi connectivity index (χ0v) is 17.8. The van der Waals surface area contributed by atoms with Crippen molar-refractivity contribution in [3.8, 4) is 11.5 Å². The third-order valence-corrected chi connectivity index (χ3v) is 7.88. The molecule has 4 aliphatic rings. The van der Waals surface area contributed by atoms with Crippen molar-refractivity contribution in [2.75, 3.05) is 27.3 Å². The van der Waals surface area contributed by atoms with E-state index in [1.165, 1.54) is 36.1 Å². The first-order chi connectivity index (χ1) is 13.5. The van der Waals surface area contributed by atoms with Crippen LogP contribution in [0.4, 0.5) is 0 Å². The van der Waals surface area contributed by atoms with Gasteiger partial charge in [-0.15, -0.1) is 0 Å². The zero-order valence-electron chi connectivity index (χ0n) is 17.8. The fourth-order valence-corrected chi connectivity index (χ4v) is 6.31. The van der Waals surface area contributed by atoms with Gasteiger partial charge in [-0.1, -0.05) is 12.1 Å². The van der Waals surface area contributed by atoms with E-state index in [9.17, 15) is 0 Å². The Morgan fingerprint density at radius 3 is 2.68 bits per heavy atom. The maximum absolute atomic E-state index is 6.72. The highest BCUT2D eigenvalue weighted by atomic mass is 16.6. The number of hydrogen-bond donors (Lipinski definition) is 0. The molecule has 1 aromatic rings. The van der Waals surface area contributed by atoms with Gasteiger partial charge in [-0.2, -0.15) is 0 Å². The Morgan fingerprint density at radius 2 is 2.00 bits per heavy atom. The molecule has 5 rings (SSSR count). The molecule has 5 atom stereocenters. The van der Waals surface area contributed by atoms with Crippen molar-refractivity contribution in [2.24, 2.45) is 11.8 Å². The summed E-state index contributed by atoms with van der Waals surface area (Å²) in [6, 6.07) is 4.75. The molecule has 0 bridgehead atoms. The number of hydrogen-bond acceptors (Lipinski definition) is 4. The van der Waals surface area contributed by atoms with Crippen molar-refractivity contribution >= 4 is 0 Å². The Labute approximate surface area is 168 Å². The summed E-state index contributed by atoms with van der Waals surface area (Å²) in [4.78, 5) is 2.73. The molecule has 4 heteroatoms. The van der Waals surface area contributed by atoms with Crippen LogP contribution < -0.4 is 9.47 Å². The Hall–Kier alpha value is -1.52. The smallest absolute Gasteiger partial charge is 0.165 e. The standard InChI is InChI=1S/C24H33NO3/c1-14-6-9-19(26-4)22-20(14)24-10-11-25(13-17-7-8-17)16(3)18(24)12-15(2)21(27-5)23(24)28-22/h6,9,12,16-18,21,23H,7-8,10-11,13H2,1-5H3/t16?,18?,21?,23-,24?/m0/s1. The van der Waals surface area contributed by atoms with E-state index in [0.29, 0.717) is 12.0 Å². The van der Waals surface area contributed by atoms with Gasteiger partial charge < -0.3 is 14.2 Å².